The van der Waals surface area contributed by atoms with Gasteiger partial charge in [0.25, 0.3) is 5.91 Å². The molecule has 0 spiro atoms. The number of H-pyrrole nitrogens is 1. The molecule has 3 aliphatic heterocycles. The molecule has 1 atom stereocenters. The van der Waals surface area contributed by atoms with Crippen molar-refractivity contribution in [1.82, 2.24) is 30.7 Å². The van der Waals surface area contributed by atoms with Crippen molar-refractivity contribution in [1.29, 1.82) is 0 Å². The molecule has 9 rings (SSSR count). The number of nitrogens with zero attached hydrogens (tertiary/aromatic N) is 6. The summed E-state index contributed by atoms with van der Waals surface area (Å²) in [7, 11) is 0. The maximum atomic E-state index is 14.9. The predicted molar refractivity (Wildman–Crippen MR) is 253 cm³/mol. The third kappa shape index (κ3) is 9.45. The Morgan fingerprint density at radius 3 is 2.15 bits per heavy atom. The first-order valence-corrected chi connectivity index (χ1v) is 22.6. The van der Waals surface area contributed by atoms with Gasteiger partial charge in [-0.15, -0.1) is 0 Å². The third-order valence-electron chi connectivity index (χ3n) is 13.4. The van der Waals surface area contributed by atoms with Gasteiger partial charge in [-0.2, -0.15) is 5.10 Å². The number of aryl methyl sites for hydroxylation is 1. The Kier molecular flexibility index (Phi) is 12.1. The molecule has 2 aromatic heterocycles. The van der Waals surface area contributed by atoms with E-state index in [1.165, 1.54) is 23.5 Å². The van der Waals surface area contributed by atoms with Gasteiger partial charge in [0.15, 0.2) is 5.65 Å². The van der Waals surface area contributed by atoms with Gasteiger partial charge >= 0.3 is 6.03 Å². The van der Waals surface area contributed by atoms with Crippen molar-refractivity contribution in [2.75, 3.05) is 67.1 Å². The number of imide groups is 1. The molecule has 0 saturated carbocycles. The zero-order valence-corrected chi connectivity index (χ0v) is 37.4. The van der Waals surface area contributed by atoms with Gasteiger partial charge in [-0.3, -0.25) is 29.8 Å². The molecule has 14 heteroatoms. The van der Waals surface area contributed by atoms with E-state index in [0.29, 0.717) is 30.1 Å². The number of anilines is 3. The molecular weight excluding hydrogens is 822 g/mol. The summed E-state index contributed by atoms with van der Waals surface area (Å²) in [5, 5.41) is 24.2. The van der Waals surface area contributed by atoms with Gasteiger partial charge in [-0.1, -0.05) is 30.3 Å². The van der Waals surface area contributed by atoms with Crippen LogP contribution in [0.5, 0.6) is 0 Å². The highest BCUT2D eigenvalue weighted by Crippen LogP contribution is 2.33. The number of hydrogen-bond donors (Lipinski definition) is 4. The predicted octanol–water partition coefficient (Wildman–Crippen LogP) is 7.94. The van der Waals surface area contributed by atoms with E-state index in [-0.39, 0.29) is 23.5 Å². The van der Waals surface area contributed by atoms with Crippen LogP contribution in [0.3, 0.4) is 0 Å². The highest BCUT2D eigenvalue weighted by molar-refractivity contribution is 6.05. The van der Waals surface area contributed by atoms with Crippen molar-refractivity contribution in [3.05, 3.63) is 125 Å². The molecule has 13 nitrogen and oxygen atoms in total. The van der Waals surface area contributed by atoms with E-state index in [1.807, 2.05) is 44.3 Å². The second kappa shape index (κ2) is 18.1. The van der Waals surface area contributed by atoms with Crippen LogP contribution in [0, 0.1) is 18.7 Å². The first-order valence-electron chi connectivity index (χ1n) is 22.6. The number of hydrogen-bond acceptors (Lipinski definition) is 9. The van der Waals surface area contributed by atoms with Crippen LogP contribution in [-0.4, -0.2) is 95.4 Å². The number of urea groups is 1. The number of aliphatic hydroxyl groups is 1. The second-order valence-corrected chi connectivity index (χ2v) is 18.3. The molecule has 0 radical (unpaired) electrons. The highest BCUT2D eigenvalue weighted by atomic mass is 19.1. The van der Waals surface area contributed by atoms with E-state index in [9.17, 15) is 23.9 Å². The van der Waals surface area contributed by atoms with Gasteiger partial charge in [0, 0.05) is 98.6 Å². The lowest BCUT2D eigenvalue weighted by molar-refractivity contribution is -0.120. The molecule has 4 amide bonds. The number of amides is 4. The summed E-state index contributed by atoms with van der Waals surface area (Å²) in [5.41, 5.74) is 8.67. The normalized spacial score (nSPS) is 17.1. The molecule has 0 unspecified atom stereocenters. The topological polar surface area (TPSA) is 150 Å². The molecule has 4 N–H and O–H groups in total. The monoisotopic (exact) mass is 877 g/mol. The van der Waals surface area contributed by atoms with Crippen molar-refractivity contribution in [2.24, 2.45) is 5.92 Å². The first-order chi connectivity index (χ1) is 31.3. The summed E-state index contributed by atoms with van der Waals surface area (Å²) in [4.78, 5) is 50.7. The summed E-state index contributed by atoms with van der Waals surface area (Å²) in [6, 6.07) is 28.5. The lowest BCUT2D eigenvalue weighted by Gasteiger charge is -2.40. The van der Waals surface area contributed by atoms with Gasteiger partial charge < -0.3 is 20.2 Å². The molecule has 3 fully saturated rings. The Labute approximate surface area is 378 Å². The van der Waals surface area contributed by atoms with Crippen LogP contribution >= 0.6 is 0 Å². The number of halogens is 1. The lowest BCUT2D eigenvalue weighted by Crippen LogP contribution is -2.49. The molecule has 3 aliphatic rings. The number of aromatic amines is 1. The molecule has 336 valence electrons. The van der Waals surface area contributed by atoms with E-state index in [1.54, 1.807) is 24.8 Å². The summed E-state index contributed by atoms with van der Waals surface area (Å²) >= 11 is 0. The largest absolute Gasteiger partial charge is 0.386 e. The van der Waals surface area contributed by atoms with Crippen LogP contribution < -0.4 is 25.3 Å². The minimum atomic E-state index is -1.22. The molecule has 4 aromatic carbocycles. The van der Waals surface area contributed by atoms with Crippen LogP contribution in [0.4, 0.5) is 26.2 Å². The summed E-state index contributed by atoms with van der Waals surface area (Å²) < 4.78 is 14.9. The number of carbonyl (C=O) groups excluding carboxylic acids is 3. The zero-order valence-electron chi connectivity index (χ0n) is 37.4. The average Bonchev–Trinajstić information content (AvgIpc) is 3.73. The van der Waals surface area contributed by atoms with Gasteiger partial charge in [0.2, 0.25) is 5.91 Å². The number of piperazine rings is 1. The smallest absolute Gasteiger partial charge is 0.328 e. The van der Waals surface area contributed by atoms with Crippen LogP contribution in [-0.2, 0) is 10.4 Å². The van der Waals surface area contributed by atoms with Gasteiger partial charge in [0.1, 0.15) is 5.82 Å². The molecular formula is C51H56FN9O4. The van der Waals surface area contributed by atoms with E-state index >= 15 is 0 Å². The van der Waals surface area contributed by atoms with E-state index < -0.39 is 17.3 Å². The molecule has 5 heterocycles. The van der Waals surface area contributed by atoms with Crippen molar-refractivity contribution >= 4 is 45.9 Å². The minimum Gasteiger partial charge on any atom is -0.386 e. The lowest BCUT2D eigenvalue weighted by atomic mass is 9.95. The van der Waals surface area contributed by atoms with Crippen molar-refractivity contribution in [3.63, 3.8) is 0 Å². The molecule has 6 aromatic rings. The standard InChI is InChI=1S/C51H56FN9O4/c1-32-27-36(7-15-42(32)33(2)54-49(63)43-16-8-38(29-45(43)52)51(3,4)65)47-44-28-37(30-53-48(44)57-56-47)35-5-9-39(10-6-35)60-25-23-58(24-26-60)31-34-17-20-59(21-18-34)40-11-13-41(14-12-40)61-22-19-46(62)55-50(61)64/h5-16,27-30,33-34,65H,17-26,31H2,1-4H3,(H,54,63)(H,53,56,57)(H,55,62,64)/t33-/m1/s1. The quantitative estimate of drug-likeness (QED) is 0.102. The van der Waals surface area contributed by atoms with Crippen LogP contribution in [0.15, 0.2) is 97.2 Å². The fourth-order valence-corrected chi connectivity index (χ4v) is 9.47. The van der Waals surface area contributed by atoms with E-state index in [4.69, 9.17) is 4.98 Å². The van der Waals surface area contributed by atoms with Gasteiger partial charge in [-0.05, 0) is 129 Å². The number of carbonyl (C=O) groups is 3. The van der Waals surface area contributed by atoms with Crippen LogP contribution in [0.25, 0.3) is 33.4 Å². The molecule has 0 aliphatic carbocycles. The average molecular weight is 878 g/mol. The minimum absolute atomic E-state index is 0.0744. The van der Waals surface area contributed by atoms with Crippen molar-refractivity contribution in [3.8, 4) is 22.4 Å². The number of rotatable bonds is 11. The van der Waals surface area contributed by atoms with Crippen molar-refractivity contribution < 1.29 is 23.9 Å². The maximum Gasteiger partial charge on any atom is 0.328 e. The summed E-state index contributed by atoms with van der Waals surface area (Å²) in [6.07, 6.45) is 4.49. The van der Waals surface area contributed by atoms with Crippen molar-refractivity contribution in [2.45, 2.75) is 58.6 Å². The third-order valence-corrected chi connectivity index (χ3v) is 13.4. The zero-order chi connectivity index (χ0) is 45.4. The van der Waals surface area contributed by atoms with Crippen LogP contribution in [0.1, 0.15) is 73.1 Å². The highest BCUT2D eigenvalue weighted by Gasteiger charge is 2.27. The van der Waals surface area contributed by atoms with E-state index in [2.05, 4.69) is 84.1 Å². The molecule has 3 saturated heterocycles. The number of aromatic nitrogens is 3. The number of benzene rings is 4. The number of piperidine rings is 1. The maximum absolute atomic E-state index is 14.9. The SMILES string of the molecule is Cc1cc(-c2[nH]nc3ncc(-c4ccc(N5CCN(CC6CCN(c7ccc(N8CCC(=O)NC8=O)cc7)CC6)CC5)cc4)cc23)ccc1[C@@H](C)NC(=O)c1ccc(C(C)(C)O)cc1F. The molecule has 65 heavy (non-hydrogen) atoms. The molecule has 0 bridgehead atoms. The Hall–Kier alpha value is -6.64. The van der Waals surface area contributed by atoms with Crippen LogP contribution in [0.2, 0.25) is 0 Å². The van der Waals surface area contributed by atoms with E-state index in [0.717, 1.165) is 103 Å². The summed E-state index contributed by atoms with van der Waals surface area (Å²) in [5.74, 6) is -0.756. The Morgan fingerprint density at radius 2 is 1.49 bits per heavy atom. The van der Waals surface area contributed by atoms with Gasteiger partial charge in [0.05, 0.1) is 22.9 Å². The summed E-state index contributed by atoms with van der Waals surface area (Å²) in [6.45, 7) is 14.6. The Bertz CT molecular complexity index is 2720. The number of pyridine rings is 1. The first kappa shape index (κ1) is 43.6. The van der Waals surface area contributed by atoms with Gasteiger partial charge in [-0.25, -0.2) is 14.2 Å². The number of fused-ring (bicyclic) bond motifs is 1. The fourth-order valence-electron chi connectivity index (χ4n) is 9.47. The number of nitrogens with one attached hydrogen (secondary N) is 3. The fraction of sp³-hybridized carbons (Fsp3) is 0.353. The Balaban J connectivity index is 0.771. The Morgan fingerprint density at radius 1 is 0.831 bits per heavy atom. The second-order valence-electron chi connectivity index (χ2n) is 18.3.